The van der Waals surface area contributed by atoms with Crippen molar-refractivity contribution in [2.24, 2.45) is 9.98 Å². The van der Waals surface area contributed by atoms with Crippen LogP contribution in [0.4, 0.5) is 17.1 Å². The lowest BCUT2D eigenvalue weighted by Gasteiger charge is -2.26. The highest BCUT2D eigenvalue weighted by Gasteiger charge is 2.41. The van der Waals surface area contributed by atoms with Crippen molar-refractivity contribution in [2.45, 2.75) is 12.1 Å². The zero-order valence-corrected chi connectivity index (χ0v) is 76.0. The fourth-order valence-electron chi connectivity index (χ4n) is 22.2. The lowest BCUT2D eigenvalue weighted by atomic mass is 10.0. The van der Waals surface area contributed by atoms with Gasteiger partial charge in [-0.3, -0.25) is 18.7 Å². The van der Waals surface area contributed by atoms with Gasteiger partial charge in [-0.2, -0.15) is 0 Å². The molecule has 16 nitrogen and oxygen atoms in total. The molecule has 0 fully saturated rings. The molecule has 31 rings (SSSR count). The van der Waals surface area contributed by atoms with Gasteiger partial charge in [0, 0.05) is 109 Å². The van der Waals surface area contributed by atoms with E-state index in [2.05, 4.69) is 402 Å². The molecule has 0 radical (unpaired) electrons. The van der Waals surface area contributed by atoms with E-state index in [1.807, 2.05) is 78.9 Å². The molecule has 2 atom stereocenters. The van der Waals surface area contributed by atoms with Crippen molar-refractivity contribution in [1.29, 1.82) is 0 Å². The van der Waals surface area contributed by atoms with Gasteiger partial charge in [0.15, 0.2) is 34.7 Å². The van der Waals surface area contributed by atoms with Gasteiger partial charge in [0.05, 0.1) is 55.2 Å². The van der Waals surface area contributed by atoms with E-state index in [-0.39, 0.29) is 12.1 Å². The minimum absolute atomic E-state index is 0.103. The highest BCUT2D eigenvalue weighted by molar-refractivity contribution is 6.20. The zero-order valence-electron chi connectivity index (χ0n) is 76.0. The Balaban J connectivity index is 0.000000102. The van der Waals surface area contributed by atoms with Gasteiger partial charge in [0.25, 0.3) is 0 Å². The van der Waals surface area contributed by atoms with Crippen LogP contribution >= 0.6 is 0 Å². The number of ether oxygens (including phenoxy) is 1. The number of nitrogens with zero attached hydrogens (tertiary/aromatic N) is 12. The monoisotopic (exact) mass is 1820 g/mol. The Morgan fingerprint density at radius 2 is 0.585 bits per heavy atom. The molecule has 0 aliphatic carbocycles. The minimum atomic E-state index is -0.282. The molecule has 2 unspecified atom stereocenters. The Morgan fingerprint density at radius 3 is 1.06 bits per heavy atom. The zero-order chi connectivity index (χ0) is 93.1. The van der Waals surface area contributed by atoms with Gasteiger partial charge in [-0.25, -0.2) is 24.9 Å². The van der Waals surface area contributed by atoms with Crippen LogP contribution in [0.3, 0.4) is 0 Å². The third kappa shape index (κ3) is 12.6. The van der Waals surface area contributed by atoms with Gasteiger partial charge in [0.2, 0.25) is 0 Å². The Kier molecular flexibility index (Phi) is 18.1. The number of aromatic nitrogens is 9. The number of fused-ring (bicyclic) bond motifs is 27. The molecule has 666 valence electrons. The molecule has 0 saturated carbocycles. The summed E-state index contributed by atoms with van der Waals surface area (Å²) < 4.78 is 36.8. The first kappa shape index (κ1) is 80.0. The van der Waals surface area contributed by atoms with E-state index in [0.717, 1.165) is 173 Å². The molecule has 16 heteroatoms. The second-order valence-corrected chi connectivity index (χ2v) is 36.3. The van der Waals surface area contributed by atoms with Crippen LogP contribution in [0, 0.1) is 0 Å². The summed E-state index contributed by atoms with van der Waals surface area (Å²) in [6.07, 6.45) is 4.68. The smallest absolute Gasteiger partial charge is 0.197 e. The molecular weight excluding hydrogens is 1750 g/mol. The Hall–Kier alpha value is -19.3. The van der Waals surface area contributed by atoms with Crippen molar-refractivity contribution in [3.8, 4) is 62.1 Å². The number of aliphatic imine (C=N–C) groups is 2. The third-order valence-corrected chi connectivity index (χ3v) is 28.5. The number of hydrogen-bond donors (Lipinski definition) is 0. The van der Waals surface area contributed by atoms with E-state index in [9.17, 15) is 0 Å². The van der Waals surface area contributed by atoms with E-state index < -0.39 is 0 Å². The van der Waals surface area contributed by atoms with Crippen LogP contribution in [0.1, 0.15) is 11.6 Å². The summed E-state index contributed by atoms with van der Waals surface area (Å²) >= 11 is 0. The molecule has 0 spiro atoms. The van der Waals surface area contributed by atoms with Gasteiger partial charge in [-0.05, 0) is 228 Å². The third-order valence-electron chi connectivity index (χ3n) is 28.5. The second kappa shape index (κ2) is 32.2. The molecule has 10 aromatic heterocycles. The second-order valence-electron chi connectivity index (χ2n) is 36.3. The summed E-state index contributed by atoms with van der Waals surface area (Å²) in [6.45, 7) is 0. The quantitative estimate of drug-likeness (QED) is 0.130. The van der Waals surface area contributed by atoms with E-state index in [1.54, 1.807) is 19.0 Å². The summed E-state index contributed by atoms with van der Waals surface area (Å²) in [5.41, 5.74) is 31.2. The number of anilines is 3. The first-order chi connectivity index (χ1) is 70.4. The minimum Gasteiger partial charge on any atom is -0.479 e. The maximum Gasteiger partial charge on any atom is 0.197 e. The van der Waals surface area contributed by atoms with Gasteiger partial charge >= 0.3 is 0 Å². The van der Waals surface area contributed by atoms with Crippen molar-refractivity contribution in [1.82, 2.24) is 42.8 Å². The van der Waals surface area contributed by atoms with Gasteiger partial charge in [0.1, 0.15) is 64.2 Å². The predicted octanol–water partition coefficient (Wildman–Crippen LogP) is 32.1. The van der Waals surface area contributed by atoms with Crippen molar-refractivity contribution >= 4 is 204 Å². The summed E-state index contributed by atoms with van der Waals surface area (Å²) in [7, 11) is 0. The molecule has 29 aromatic rings. The fraction of sp³-hybridized carbons (Fsp3) is 0.0159. The average molecular weight is 1820 g/mol. The van der Waals surface area contributed by atoms with Crippen LogP contribution in [-0.4, -0.2) is 61.0 Å². The SMILES string of the molecule is C1=NC2c3ccccc3OC2C(n2c3ccccc3c3cc(-c4ccc5c(c4)c4ccccc4n5-c4ccccc4)ccc32)=N1.c1ccc(-n2c3ccccc3c3cc(-c4ccc5c(c4)c4ccccc4n5-c4ncnc5c4oc4ccccc45)ccc32)cc1.c1ccc(N(c2cccc(-c3ccc4c(c3)c3ccccc3n4-c3ncnc4c3oc3ccccc34)c2)c2ccc3oc4ccccc4c3c2)cc1. The number of furan rings is 3. The molecule has 12 heterocycles. The molecule has 19 aromatic carbocycles. The van der Waals surface area contributed by atoms with E-state index in [1.165, 1.54) is 82.0 Å². The number of benzene rings is 19. The fourth-order valence-corrected chi connectivity index (χ4v) is 22.2. The molecule has 0 saturated heterocycles. The maximum absolute atomic E-state index is 6.48. The summed E-state index contributed by atoms with van der Waals surface area (Å²) in [5.74, 6) is 3.21. The number of rotatable bonds is 10. The number of para-hydroxylation sites is 12. The topological polar surface area (TPSA) is 153 Å². The van der Waals surface area contributed by atoms with Crippen molar-refractivity contribution in [3.63, 3.8) is 0 Å². The largest absolute Gasteiger partial charge is 0.479 e. The van der Waals surface area contributed by atoms with Crippen LogP contribution < -0.4 is 9.64 Å². The van der Waals surface area contributed by atoms with E-state index >= 15 is 0 Å². The Morgan fingerprint density at radius 1 is 0.232 bits per heavy atom. The summed E-state index contributed by atoms with van der Waals surface area (Å²) in [4.78, 5) is 30.6. The summed E-state index contributed by atoms with van der Waals surface area (Å²) in [6, 6.07) is 156. The summed E-state index contributed by atoms with van der Waals surface area (Å²) in [5, 5.41) is 16.1. The Labute approximate surface area is 810 Å². The maximum atomic E-state index is 6.48. The molecule has 2 aliphatic heterocycles. The van der Waals surface area contributed by atoms with Crippen LogP contribution in [0.5, 0.6) is 5.75 Å². The van der Waals surface area contributed by atoms with Crippen molar-refractivity contribution in [3.05, 3.63) is 461 Å². The van der Waals surface area contributed by atoms with Gasteiger partial charge < -0.3 is 32.0 Å². The highest BCUT2D eigenvalue weighted by Crippen LogP contribution is 2.49. The van der Waals surface area contributed by atoms with Crippen LogP contribution in [0.15, 0.2) is 479 Å². The lowest BCUT2D eigenvalue weighted by Crippen LogP contribution is -2.35. The number of hydrogen-bond acceptors (Lipinski definition) is 11. The standard InChI is InChI=1S/C46H28N4O2.C40H26N4O.C40H24N4O/c1-2-12-31(13-3-1)49(33-22-24-43-38(27-33)35-16-5-8-19-41(35)51-43)32-14-10-11-29(25-32)30-21-23-40-37(26-30)34-15-4-7-18-39(34)50(40)46-45-44(47-28-48-46)36-17-6-9-20-42(36)52-45;2*1-2-10-27(11-3-1)43-33-15-7-4-12-28(33)31-22-25(18-20-35(31)43)26-19-21-36-32(23-26)29-13-5-8-16-34(29)44(36)40-39-38(41-24-42-40)30-14-6-9-17-37(30)45-39/h1-28H;1-24,38-39H;1-24H. The molecule has 2 aliphatic rings. The Bertz CT molecular complexity index is 10300. The molecule has 0 N–H and O–H groups in total. The highest BCUT2D eigenvalue weighted by atomic mass is 16.5. The molecule has 0 amide bonds. The predicted molar refractivity (Wildman–Crippen MR) is 579 cm³/mol. The first-order valence-corrected chi connectivity index (χ1v) is 47.7. The van der Waals surface area contributed by atoms with Gasteiger partial charge in [-0.1, -0.05) is 249 Å². The molecular formula is C126H78N12O4. The van der Waals surface area contributed by atoms with Gasteiger partial charge in [-0.15, -0.1) is 0 Å². The van der Waals surface area contributed by atoms with Crippen LogP contribution in [-0.2, 0) is 0 Å². The van der Waals surface area contributed by atoms with Crippen LogP contribution in [0.25, 0.3) is 231 Å². The van der Waals surface area contributed by atoms with Crippen molar-refractivity contribution in [2.75, 3.05) is 4.90 Å². The van der Waals surface area contributed by atoms with E-state index in [0.29, 0.717) is 11.2 Å². The van der Waals surface area contributed by atoms with E-state index in [4.69, 9.17) is 37.9 Å². The normalized spacial score (nSPS) is 13.6. The van der Waals surface area contributed by atoms with Crippen LogP contribution in [0.2, 0.25) is 0 Å². The van der Waals surface area contributed by atoms with Crippen molar-refractivity contribution < 1.29 is 18.0 Å². The lowest BCUT2D eigenvalue weighted by molar-refractivity contribution is 0.271. The molecule has 0 bridgehead atoms. The molecule has 142 heavy (non-hydrogen) atoms. The average Bonchev–Trinajstić information content (AvgIpc) is 1.57. The first-order valence-electron chi connectivity index (χ1n) is 47.7.